The molecule has 1 rings (SSSR count). The van der Waals surface area contributed by atoms with Crippen LogP contribution in [0, 0.1) is 0 Å². The van der Waals surface area contributed by atoms with Crippen LogP contribution in [0.15, 0.2) is 30.9 Å². The zero-order valence-electron chi connectivity index (χ0n) is 13.2. The van der Waals surface area contributed by atoms with E-state index in [4.69, 9.17) is 0 Å². The Labute approximate surface area is 126 Å². The summed E-state index contributed by atoms with van der Waals surface area (Å²) in [4.78, 5) is 23.9. The first kappa shape index (κ1) is 17.0. The zero-order chi connectivity index (χ0) is 16.0. The van der Waals surface area contributed by atoms with Gasteiger partial charge in [0.05, 0.1) is 11.3 Å². The highest BCUT2D eigenvalue weighted by Gasteiger charge is 2.16. The van der Waals surface area contributed by atoms with Crippen molar-refractivity contribution in [1.82, 2.24) is 5.32 Å². The molecule has 4 nitrogen and oxygen atoms in total. The minimum atomic E-state index is -0.329. The molecule has 21 heavy (non-hydrogen) atoms. The second-order valence-corrected chi connectivity index (χ2v) is 5.44. The number of carbonyl (C=O) groups excluding carboxylic acids is 2. The average molecular weight is 288 g/mol. The Morgan fingerprint density at radius 2 is 1.95 bits per heavy atom. The topological polar surface area (TPSA) is 58.2 Å². The van der Waals surface area contributed by atoms with Gasteiger partial charge in [-0.3, -0.25) is 9.59 Å². The lowest BCUT2D eigenvalue weighted by Crippen LogP contribution is -2.32. The van der Waals surface area contributed by atoms with Crippen molar-refractivity contribution in [3.8, 4) is 0 Å². The van der Waals surface area contributed by atoms with Crippen molar-refractivity contribution in [1.29, 1.82) is 0 Å². The van der Waals surface area contributed by atoms with Crippen molar-refractivity contribution >= 4 is 17.5 Å². The molecular formula is C17H24N2O2. The van der Waals surface area contributed by atoms with Gasteiger partial charge >= 0.3 is 0 Å². The molecule has 0 aromatic heterocycles. The number of rotatable bonds is 6. The quantitative estimate of drug-likeness (QED) is 0.788. The summed E-state index contributed by atoms with van der Waals surface area (Å²) in [6.45, 7) is 11.5. The number of nitrogens with one attached hydrogen (secondary N) is 2. The first-order valence-corrected chi connectivity index (χ1v) is 7.27. The first-order valence-electron chi connectivity index (χ1n) is 7.27. The Hall–Kier alpha value is -2.10. The highest BCUT2D eigenvalue weighted by atomic mass is 16.2. The molecule has 0 aliphatic heterocycles. The molecule has 1 aromatic rings. The number of amides is 2. The van der Waals surface area contributed by atoms with Crippen LogP contribution in [0.5, 0.6) is 0 Å². The Morgan fingerprint density at radius 1 is 1.29 bits per heavy atom. The van der Waals surface area contributed by atoms with Gasteiger partial charge in [-0.15, -0.1) is 0 Å². The van der Waals surface area contributed by atoms with Crippen LogP contribution >= 0.6 is 0 Å². The van der Waals surface area contributed by atoms with Gasteiger partial charge in [-0.05, 0) is 43.0 Å². The van der Waals surface area contributed by atoms with Crippen LogP contribution in [0.4, 0.5) is 5.69 Å². The van der Waals surface area contributed by atoms with Crippen LogP contribution in [-0.4, -0.2) is 17.9 Å². The van der Waals surface area contributed by atoms with Crippen LogP contribution in [0.2, 0.25) is 0 Å². The van der Waals surface area contributed by atoms with E-state index >= 15 is 0 Å². The molecule has 0 bridgehead atoms. The predicted molar refractivity (Wildman–Crippen MR) is 86.6 cm³/mol. The maximum absolute atomic E-state index is 12.4. The van der Waals surface area contributed by atoms with E-state index in [1.165, 1.54) is 6.08 Å². The molecule has 0 aliphatic carbocycles. The Kier molecular flexibility index (Phi) is 6.15. The summed E-state index contributed by atoms with van der Waals surface area (Å²) in [7, 11) is 0. The van der Waals surface area contributed by atoms with Crippen LogP contribution in [0.3, 0.4) is 0 Å². The molecule has 2 N–H and O–H groups in total. The third-order valence-electron chi connectivity index (χ3n) is 3.39. The number of carbonyl (C=O) groups is 2. The Balaban J connectivity index is 3.15. The van der Waals surface area contributed by atoms with Crippen molar-refractivity contribution < 1.29 is 9.59 Å². The van der Waals surface area contributed by atoms with Gasteiger partial charge in [-0.25, -0.2) is 0 Å². The molecule has 0 saturated carbocycles. The number of hydrogen-bond acceptors (Lipinski definition) is 2. The molecule has 0 heterocycles. The van der Waals surface area contributed by atoms with Crippen molar-refractivity contribution in [2.24, 2.45) is 0 Å². The molecule has 1 unspecified atom stereocenters. The smallest absolute Gasteiger partial charge is 0.253 e. The fourth-order valence-corrected chi connectivity index (χ4v) is 1.81. The number of anilines is 1. The maximum Gasteiger partial charge on any atom is 0.253 e. The van der Waals surface area contributed by atoms with Gasteiger partial charge in [0.25, 0.3) is 5.91 Å². The molecule has 0 fully saturated rings. The van der Waals surface area contributed by atoms with E-state index in [-0.39, 0.29) is 17.9 Å². The van der Waals surface area contributed by atoms with E-state index in [1.54, 1.807) is 6.07 Å². The minimum absolute atomic E-state index is 0.0863. The lowest BCUT2D eigenvalue weighted by molar-refractivity contribution is -0.111. The molecule has 4 heteroatoms. The van der Waals surface area contributed by atoms with E-state index < -0.39 is 0 Å². The summed E-state index contributed by atoms with van der Waals surface area (Å²) in [5.74, 6) is -0.194. The normalized spacial score (nSPS) is 11.9. The van der Waals surface area contributed by atoms with Gasteiger partial charge in [-0.2, -0.15) is 0 Å². The fourth-order valence-electron chi connectivity index (χ4n) is 1.81. The summed E-state index contributed by atoms with van der Waals surface area (Å²) in [5, 5.41) is 5.61. The van der Waals surface area contributed by atoms with Gasteiger partial charge in [0, 0.05) is 6.04 Å². The van der Waals surface area contributed by atoms with Crippen LogP contribution in [0.25, 0.3) is 0 Å². The summed E-state index contributed by atoms with van der Waals surface area (Å²) in [6, 6.07) is 5.61. The van der Waals surface area contributed by atoms with E-state index in [9.17, 15) is 9.59 Å². The molecule has 1 aromatic carbocycles. The molecule has 0 saturated heterocycles. The maximum atomic E-state index is 12.4. The van der Waals surface area contributed by atoms with Crippen LogP contribution in [-0.2, 0) is 4.79 Å². The van der Waals surface area contributed by atoms with Gasteiger partial charge < -0.3 is 10.6 Å². The molecule has 0 radical (unpaired) electrons. The monoisotopic (exact) mass is 288 g/mol. The van der Waals surface area contributed by atoms with E-state index in [0.29, 0.717) is 17.2 Å². The zero-order valence-corrected chi connectivity index (χ0v) is 13.2. The molecule has 114 valence electrons. The summed E-state index contributed by atoms with van der Waals surface area (Å²) in [5.41, 5.74) is 2.04. The van der Waals surface area contributed by atoms with Gasteiger partial charge in [0.15, 0.2) is 0 Å². The lowest BCUT2D eigenvalue weighted by atomic mass is 9.99. The second-order valence-electron chi connectivity index (χ2n) is 5.44. The summed E-state index contributed by atoms with van der Waals surface area (Å²) in [6.07, 6.45) is 2.04. The number of benzene rings is 1. The van der Waals surface area contributed by atoms with Crippen LogP contribution < -0.4 is 10.6 Å². The lowest BCUT2D eigenvalue weighted by Gasteiger charge is -2.16. The first-order chi connectivity index (χ1) is 9.88. The second kappa shape index (κ2) is 7.62. The van der Waals surface area contributed by atoms with Gasteiger partial charge in [-0.1, -0.05) is 33.4 Å². The van der Waals surface area contributed by atoms with Gasteiger partial charge in [0.2, 0.25) is 5.91 Å². The predicted octanol–water partition coefficient (Wildman–Crippen LogP) is 3.46. The van der Waals surface area contributed by atoms with Gasteiger partial charge in [0.1, 0.15) is 0 Å². The minimum Gasteiger partial charge on any atom is -0.350 e. The standard InChI is InChI=1S/C17H24N2O2/c1-6-12(5)18-17(21)14-10-13(11(3)4)8-9-15(14)19-16(20)7-2/h7-12H,2,6H2,1,3-5H3,(H,18,21)(H,19,20). The largest absolute Gasteiger partial charge is 0.350 e. The summed E-state index contributed by atoms with van der Waals surface area (Å²) >= 11 is 0. The number of hydrogen-bond donors (Lipinski definition) is 2. The van der Waals surface area contributed by atoms with Crippen LogP contribution in [0.1, 0.15) is 56.0 Å². The van der Waals surface area contributed by atoms with E-state index in [2.05, 4.69) is 31.1 Å². The molecule has 2 amide bonds. The highest BCUT2D eigenvalue weighted by Crippen LogP contribution is 2.23. The average Bonchev–Trinajstić information content (AvgIpc) is 2.46. The molecule has 0 spiro atoms. The molecular weight excluding hydrogens is 264 g/mol. The Morgan fingerprint density at radius 3 is 2.48 bits per heavy atom. The van der Waals surface area contributed by atoms with Crippen molar-refractivity contribution in [2.75, 3.05) is 5.32 Å². The third kappa shape index (κ3) is 4.74. The van der Waals surface area contributed by atoms with Crippen molar-refractivity contribution in [3.05, 3.63) is 42.0 Å². The highest BCUT2D eigenvalue weighted by molar-refractivity contribution is 6.06. The van der Waals surface area contributed by atoms with E-state index in [1.807, 2.05) is 26.0 Å². The SMILES string of the molecule is C=CC(=O)Nc1ccc(C(C)C)cc1C(=O)NC(C)CC. The van der Waals surface area contributed by atoms with Crippen molar-refractivity contribution in [3.63, 3.8) is 0 Å². The molecule has 0 aliphatic rings. The summed E-state index contributed by atoms with van der Waals surface area (Å²) < 4.78 is 0. The van der Waals surface area contributed by atoms with Crippen molar-refractivity contribution in [2.45, 2.75) is 46.1 Å². The van der Waals surface area contributed by atoms with E-state index in [0.717, 1.165) is 12.0 Å². The fraction of sp³-hybridized carbons (Fsp3) is 0.412. The Bertz CT molecular complexity index is 536. The third-order valence-corrected chi connectivity index (χ3v) is 3.39. The molecule has 1 atom stereocenters.